The summed E-state index contributed by atoms with van der Waals surface area (Å²) in [7, 11) is 5.84. The number of hydrogen-bond donors (Lipinski definition) is 5. The molecule has 21 heavy (non-hydrogen) atoms. The van der Waals surface area contributed by atoms with Crippen LogP contribution in [0.1, 0.15) is 16.9 Å². The highest BCUT2D eigenvalue weighted by atomic mass is 16.4. The Morgan fingerprint density at radius 1 is 1.19 bits per heavy atom. The monoisotopic (exact) mass is 303 g/mol. The Balaban J connectivity index is 0.000000384. The van der Waals surface area contributed by atoms with E-state index in [0.29, 0.717) is 11.1 Å². The fraction of sp³-hybridized carbons (Fsp3) is 0.455. The third-order valence-corrected chi connectivity index (χ3v) is 1.92. The summed E-state index contributed by atoms with van der Waals surface area (Å²) < 4.78 is 0.591. The van der Waals surface area contributed by atoms with Gasteiger partial charge in [0.05, 0.1) is 34.1 Å². The summed E-state index contributed by atoms with van der Waals surface area (Å²) >= 11 is 0. The summed E-state index contributed by atoms with van der Waals surface area (Å²) in [6.45, 7) is 0.513. The van der Waals surface area contributed by atoms with Gasteiger partial charge in [-0.2, -0.15) is 5.43 Å². The zero-order valence-corrected chi connectivity index (χ0v) is 12.0. The molecular weight excluding hydrogens is 284 g/mol. The molecule has 1 rings (SSSR count). The average Bonchev–Trinajstić information content (AvgIpc) is 2.25. The van der Waals surface area contributed by atoms with E-state index >= 15 is 0 Å². The number of quaternary nitrogens is 1. The van der Waals surface area contributed by atoms with Gasteiger partial charge in [-0.3, -0.25) is 19.2 Å². The molecule has 0 amide bonds. The van der Waals surface area contributed by atoms with Crippen LogP contribution in [0.25, 0.3) is 0 Å². The number of aromatic carboxylic acids is 1. The molecule has 1 aromatic rings. The molecule has 0 bridgehead atoms. The van der Waals surface area contributed by atoms with E-state index in [-0.39, 0.29) is 6.42 Å². The summed E-state index contributed by atoms with van der Waals surface area (Å²) in [4.78, 5) is 44.9. The highest BCUT2D eigenvalue weighted by molar-refractivity contribution is 5.84. The van der Waals surface area contributed by atoms with Gasteiger partial charge in [-0.1, -0.05) is 0 Å². The van der Waals surface area contributed by atoms with Crippen molar-refractivity contribution in [1.82, 2.24) is 15.4 Å². The number of nitrogens with one attached hydrogen (secondary N) is 3. The predicted molar refractivity (Wildman–Crippen MR) is 72.9 cm³/mol. The second-order valence-electron chi connectivity index (χ2n) is 4.87. The summed E-state index contributed by atoms with van der Waals surface area (Å²) in [6.07, 6.45) is 0.176. The molecule has 0 radical (unpaired) electrons. The Hall–Kier alpha value is -2.46. The molecule has 0 unspecified atom stereocenters. The van der Waals surface area contributed by atoms with Crippen molar-refractivity contribution in [3.63, 3.8) is 0 Å². The topological polar surface area (TPSA) is 152 Å². The lowest BCUT2D eigenvalue weighted by Crippen LogP contribution is -2.48. The molecule has 0 saturated carbocycles. The van der Waals surface area contributed by atoms with Crippen LogP contribution < -0.4 is 16.7 Å². The highest BCUT2D eigenvalue weighted by Gasteiger charge is 2.06. The van der Waals surface area contributed by atoms with E-state index in [1.165, 1.54) is 0 Å². The van der Waals surface area contributed by atoms with Crippen LogP contribution in [0.4, 0.5) is 0 Å². The zero-order valence-electron chi connectivity index (χ0n) is 12.0. The zero-order chi connectivity index (χ0) is 16.6. The van der Waals surface area contributed by atoms with Gasteiger partial charge in [-0.15, -0.1) is 0 Å². The van der Waals surface area contributed by atoms with Crippen LogP contribution in [-0.2, 0) is 4.79 Å². The quantitative estimate of drug-likeness (QED) is 0.325. The van der Waals surface area contributed by atoms with Gasteiger partial charge in [0.1, 0.15) is 5.69 Å². The molecule has 0 aromatic carbocycles. The van der Waals surface area contributed by atoms with Crippen molar-refractivity contribution < 1.29 is 24.4 Å². The first-order valence-corrected chi connectivity index (χ1v) is 5.86. The van der Waals surface area contributed by atoms with E-state index in [1.54, 1.807) is 0 Å². The van der Waals surface area contributed by atoms with E-state index in [0.717, 1.165) is 6.07 Å². The number of nitrogens with zero attached hydrogens (tertiary/aromatic N) is 1. The number of aromatic nitrogens is 2. The van der Waals surface area contributed by atoms with Crippen molar-refractivity contribution >= 4 is 11.9 Å². The van der Waals surface area contributed by atoms with Crippen LogP contribution in [0.3, 0.4) is 0 Å². The molecule has 0 aliphatic heterocycles. The minimum atomic E-state index is -1.34. The number of rotatable bonds is 5. The first-order chi connectivity index (χ1) is 9.51. The van der Waals surface area contributed by atoms with Gasteiger partial charge < -0.3 is 15.2 Å². The summed E-state index contributed by atoms with van der Waals surface area (Å²) in [5.41, 5.74) is 1.04. The maximum Gasteiger partial charge on any atom is 0.352 e. The van der Waals surface area contributed by atoms with Gasteiger partial charge in [-0.25, -0.2) is 9.59 Å². The van der Waals surface area contributed by atoms with E-state index < -0.39 is 28.9 Å². The number of hydrogen-bond acceptors (Lipinski definition) is 5. The number of aromatic amines is 2. The molecule has 118 valence electrons. The number of aliphatic carboxylic acids is 1. The second kappa shape index (κ2) is 7.97. The molecule has 5 N–H and O–H groups in total. The number of H-pyrrole nitrogens is 2. The lowest BCUT2D eigenvalue weighted by Gasteiger charge is -2.23. The third-order valence-electron chi connectivity index (χ3n) is 1.92. The van der Waals surface area contributed by atoms with Crippen LogP contribution >= 0.6 is 0 Å². The Morgan fingerprint density at radius 3 is 2.14 bits per heavy atom. The van der Waals surface area contributed by atoms with E-state index in [9.17, 15) is 19.2 Å². The van der Waals surface area contributed by atoms with Crippen LogP contribution in [0.15, 0.2) is 15.7 Å². The van der Waals surface area contributed by atoms with Gasteiger partial charge in [0.2, 0.25) is 0 Å². The molecule has 10 nitrogen and oxygen atoms in total. The lowest BCUT2D eigenvalue weighted by molar-refractivity contribution is -0.915. The van der Waals surface area contributed by atoms with Crippen molar-refractivity contribution in [2.45, 2.75) is 6.42 Å². The van der Waals surface area contributed by atoms with E-state index in [1.807, 2.05) is 31.1 Å². The molecule has 1 heterocycles. The lowest BCUT2D eigenvalue weighted by atomic mass is 10.4. The fourth-order valence-electron chi connectivity index (χ4n) is 1.08. The van der Waals surface area contributed by atoms with Gasteiger partial charge in [0.15, 0.2) is 0 Å². The van der Waals surface area contributed by atoms with Crippen molar-refractivity contribution in [2.24, 2.45) is 0 Å². The first-order valence-electron chi connectivity index (χ1n) is 5.86. The standard InChI is InChI=1S/C6H14N2O2.C5H4N2O4/c1-8(2,3)7-5-4-6(9)10;8-3-1-2(4(9)10)6-5(11)7-3/h7H,4-5H2,1-3H3;1H,(H,9,10)(H2,6,7,8,11)/p+1. The van der Waals surface area contributed by atoms with Crippen molar-refractivity contribution in [2.75, 3.05) is 27.7 Å². The number of carbonyl (C=O) groups is 2. The molecule has 0 aliphatic rings. The minimum absolute atomic E-state index is 0.176. The molecule has 0 spiro atoms. The maximum absolute atomic E-state index is 10.5. The summed E-state index contributed by atoms with van der Waals surface area (Å²) in [5.74, 6) is -2.10. The van der Waals surface area contributed by atoms with Crippen LogP contribution in [0, 0.1) is 0 Å². The maximum atomic E-state index is 10.5. The van der Waals surface area contributed by atoms with Crippen LogP contribution in [0.2, 0.25) is 0 Å². The minimum Gasteiger partial charge on any atom is -0.481 e. The van der Waals surface area contributed by atoms with Crippen molar-refractivity contribution in [1.29, 1.82) is 0 Å². The van der Waals surface area contributed by atoms with Crippen LogP contribution in [0.5, 0.6) is 0 Å². The van der Waals surface area contributed by atoms with Gasteiger partial charge in [-0.05, 0) is 0 Å². The van der Waals surface area contributed by atoms with Crippen molar-refractivity contribution in [3.05, 3.63) is 32.6 Å². The number of carboxylic acids is 2. The molecule has 0 aliphatic carbocycles. The van der Waals surface area contributed by atoms with Gasteiger partial charge >= 0.3 is 17.6 Å². The normalized spacial score (nSPS) is 10.4. The molecule has 0 atom stereocenters. The molecule has 1 aromatic heterocycles. The van der Waals surface area contributed by atoms with E-state index in [2.05, 4.69) is 5.43 Å². The first kappa shape index (κ1) is 18.5. The third kappa shape index (κ3) is 10.0. The fourth-order valence-corrected chi connectivity index (χ4v) is 1.08. The molecule has 0 saturated heterocycles. The van der Waals surface area contributed by atoms with Gasteiger partial charge in [0, 0.05) is 6.07 Å². The van der Waals surface area contributed by atoms with Crippen molar-refractivity contribution in [3.8, 4) is 0 Å². The molecule has 10 heteroatoms. The molecule has 0 fully saturated rings. The van der Waals surface area contributed by atoms with Crippen LogP contribution in [-0.4, -0.2) is 64.4 Å². The number of carboxylic acid groups (broad SMARTS) is 2. The predicted octanol–water partition coefficient (Wildman–Crippen LogP) is -1.57. The summed E-state index contributed by atoms with van der Waals surface area (Å²) in [5, 5.41) is 16.6. The largest absolute Gasteiger partial charge is 0.481 e. The SMILES string of the molecule is C[N+](C)(C)NCCC(=O)O.O=C(O)c1cc(=O)[nH]c(=O)[nH]1. The Labute approximate surface area is 119 Å². The van der Waals surface area contributed by atoms with Gasteiger partial charge in [0.25, 0.3) is 5.56 Å². The molecular formula is C11H19N4O6+. The van der Waals surface area contributed by atoms with E-state index in [4.69, 9.17) is 10.2 Å². The highest BCUT2D eigenvalue weighted by Crippen LogP contribution is 1.83. The summed E-state index contributed by atoms with van der Waals surface area (Å²) in [6, 6.07) is 0.795. The Bertz CT molecular complexity index is 569. The Kier molecular flexibility index (Phi) is 7.03. The Morgan fingerprint density at radius 2 is 1.76 bits per heavy atom. The second-order valence-corrected chi connectivity index (χ2v) is 4.87. The smallest absolute Gasteiger partial charge is 0.352 e. The average molecular weight is 303 g/mol.